The van der Waals surface area contributed by atoms with E-state index in [0.717, 1.165) is 36.4 Å². The molecule has 2 aliphatic heterocycles. The molecule has 0 saturated carbocycles. The van der Waals surface area contributed by atoms with E-state index in [4.69, 9.17) is 0 Å². The van der Waals surface area contributed by atoms with Crippen LogP contribution in [0.25, 0.3) is 0 Å². The number of amides is 2. The Labute approximate surface area is 129 Å². The van der Waals surface area contributed by atoms with Gasteiger partial charge in [-0.05, 0) is 43.7 Å². The molecule has 0 radical (unpaired) electrons. The second kappa shape index (κ2) is 6.10. The van der Waals surface area contributed by atoms with E-state index in [9.17, 15) is 9.59 Å². The quantitative estimate of drug-likeness (QED) is 0.788. The highest BCUT2D eigenvalue weighted by molar-refractivity contribution is 7.98. The van der Waals surface area contributed by atoms with Crippen LogP contribution in [-0.2, 0) is 9.59 Å². The fourth-order valence-electron chi connectivity index (χ4n) is 3.16. The van der Waals surface area contributed by atoms with E-state index in [1.807, 2.05) is 30.5 Å². The standard InChI is InChI=1S/C16H20N2O2S/c1-21-13-6-4-5-12(11-13)17-10-8-15(19)18-9-3-2-7-14(18)16(17)20/h4-6,11,14H,2-3,7-10H2,1H3. The molecule has 112 valence electrons. The van der Waals surface area contributed by atoms with E-state index in [1.54, 1.807) is 21.6 Å². The third-order valence-electron chi connectivity index (χ3n) is 4.29. The molecule has 21 heavy (non-hydrogen) atoms. The zero-order chi connectivity index (χ0) is 14.8. The number of fused-ring (bicyclic) bond motifs is 1. The second-order valence-electron chi connectivity index (χ2n) is 5.54. The number of nitrogens with zero attached hydrogens (tertiary/aromatic N) is 2. The molecular formula is C16H20N2O2S. The van der Waals surface area contributed by atoms with Crippen LogP contribution in [0.2, 0.25) is 0 Å². The van der Waals surface area contributed by atoms with Gasteiger partial charge in [0.25, 0.3) is 0 Å². The minimum Gasteiger partial charge on any atom is -0.331 e. The number of piperidine rings is 1. The minimum atomic E-state index is -0.258. The molecular weight excluding hydrogens is 284 g/mol. The van der Waals surface area contributed by atoms with Crippen molar-refractivity contribution in [3.8, 4) is 0 Å². The van der Waals surface area contributed by atoms with Crippen LogP contribution in [0.5, 0.6) is 0 Å². The highest BCUT2D eigenvalue weighted by Crippen LogP contribution is 2.28. The Hall–Kier alpha value is -1.49. The Morgan fingerprint density at radius 2 is 2.05 bits per heavy atom. The van der Waals surface area contributed by atoms with Crippen molar-refractivity contribution in [1.82, 2.24) is 4.90 Å². The zero-order valence-corrected chi connectivity index (χ0v) is 13.1. The number of anilines is 1. The van der Waals surface area contributed by atoms with Crippen LogP contribution in [0.15, 0.2) is 29.2 Å². The summed E-state index contributed by atoms with van der Waals surface area (Å²) in [6.45, 7) is 1.22. The molecule has 1 aromatic carbocycles. The first-order valence-electron chi connectivity index (χ1n) is 7.45. The van der Waals surface area contributed by atoms with Gasteiger partial charge in [-0.1, -0.05) is 6.07 Å². The Balaban J connectivity index is 1.91. The van der Waals surface area contributed by atoms with E-state index in [-0.39, 0.29) is 17.9 Å². The molecule has 0 spiro atoms. The van der Waals surface area contributed by atoms with Crippen molar-refractivity contribution in [2.75, 3.05) is 24.2 Å². The molecule has 0 aromatic heterocycles. The van der Waals surface area contributed by atoms with Crippen LogP contribution < -0.4 is 4.90 Å². The van der Waals surface area contributed by atoms with Crippen molar-refractivity contribution in [1.29, 1.82) is 0 Å². The smallest absolute Gasteiger partial charge is 0.249 e. The third kappa shape index (κ3) is 2.79. The van der Waals surface area contributed by atoms with Gasteiger partial charge in [0.1, 0.15) is 6.04 Å². The summed E-state index contributed by atoms with van der Waals surface area (Å²) in [7, 11) is 0. The van der Waals surface area contributed by atoms with Crippen molar-refractivity contribution >= 4 is 29.3 Å². The summed E-state index contributed by atoms with van der Waals surface area (Å²) in [5.41, 5.74) is 0.909. The van der Waals surface area contributed by atoms with Crippen LogP contribution in [-0.4, -0.2) is 42.1 Å². The molecule has 2 fully saturated rings. The highest BCUT2D eigenvalue weighted by Gasteiger charge is 2.38. The van der Waals surface area contributed by atoms with Gasteiger partial charge < -0.3 is 9.80 Å². The number of rotatable bonds is 2. The first-order valence-corrected chi connectivity index (χ1v) is 8.68. The summed E-state index contributed by atoms with van der Waals surface area (Å²) in [6.07, 6.45) is 5.28. The van der Waals surface area contributed by atoms with Gasteiger partial charge >= 0.3 is 0 Å². The van der Waals surface area contributed by atoms with Gasteiger partial charge in [-0.25, -0.2) is 0 Å². The largest absolute Gasteiger partial charge is 0.331 e. The summed E-state index contributed by atoms with van der Waals surface area (Å²) < 4.78 is 0. The molecule has 1 aromatic rings. The maximum atomic E-state index is 12.9. The average molecular weight is 304 g/mol. The lowest BCUT2D eigenvalue weighted by atomic mass is 10.0. The topological polar surface area (TPSA) is 40.6 Å². The first kappa shape index (κ1) is 14.4. The van der Waals surface area contributed by atoms with Crippen LogP contribution in [0.4, 0.5) is 5.69 Å². The Morgan fingerprint density at radius 3 is 2.86 bits per heavy atom. The lowest BCUT2D eigenvalue weighted by Crippen LogP contribution is -2.49. The Kier molecular flexibility index (Phi) is 4.19. The normalized spacial score (nSPS) is 23.0. The second-order valence-corrected chi connectivity index (χ2v) is 6.42. The van der Waals surface area contributed by atoms with Gasteiger partial charge in [0.2, 0.25) is 11.8 Å². The molecule has 2 aliphatic rings. The molecule has 1 atom stereocenters. The molecule has 5 heteroatoms. The van der Waals surface area contributed by atoms with E-state index < -0.39 is 0 Å². The van der Waals surface area contributed by atoms with E-state index in [1.165, 1.54) is 0 Å². The average Bonchev–Trinajstić information content (AvgIpc) is 2.66. The number of carbonyl (C=O) groups is 2. The molecule has 4 nitrogen and oxygen atoms in total. The number of benzene rings is 1. The van der Waals surface area contributed by atoms with Crippen LogP contribution in [0, 0.1) is 0 Å². The van der Waals surface area contributed by atoms with E-state index in [2.05, 4.69) is 0 Å². The van der Waals surface area contributed by atoms with Crippen LogP contribution >= 0.6 is 11.8 Å². The van der Waals surface area contributed by atoms with Crippen molar-refractivity contribution in [3.63, 3.8) is 0 Å². The summed E-state index contributed by atoms with van der Waals surface area (Å²) >= 11 is 1.66. The lowest BCUT2D eigenvalue weighted by molar-refractivity contribution is -0.138. The van der Waals surface area contributed by atoms with Gasteiger partial charge in [0.05, 0.1) is 0 Å². The maximum Gasteiger partial charge on any atom is 0.249 e. The molecule has 0 N–H and O–H groups in total. The van der Waals surface area contributed by atoms with E-state index >= 15 is 0 Å². The molecule has 0 bridgehead atoms. The molecule has 2 heterocycles. The molecule has 2 amide bonds. The summed E-state index contributed by atoms with van der Waals surface area (Å²) in [6, 6.07) is 7.74. The Morgan fingerprint density at radius 1 is 1.19 bits per heavy atom. The van der Waals surface area contributed by atoms with Gasteiger partial charge in [0, 0.05) is 30.1 Å². The molecule has 0 aliphatic carbocycles. The van der Waals surface area contributed by atoms with Gasteiger partial charge in [-0.2, -0.15) is 0 Å². The monoisotopic (exact) mass is 304 g/mol. The van der Waals surface area contributed by atoms with Gasteiger partial charge in [0.15, 0.2) is 0 Å². The van der Waals surface area contributed by atoms with Crippen LogP contribution in [0.1, 0.15) is 25.7 Å². The number of hydrogen-bond donors (Lipinski definition) is 0. The Bertz CT molecular complexity index is 561. The molecule has 2 saturated heterocycles. The number of carbonyl (C=O) groups excluding carboxylic acids is 2. The van der Waals surface area contributed by atoms with Gasteiger partial charge in [-0.15, -0.1) is 11.8 Å². The van der Waals surface area contributed by atoms with Crippen molar-refractivity contribution in [2.24, 2.45) is 0 Å². The fourth-order valence-corrected chi connectivity index (χ4v) is 3.62. The summed E-state index contributed by atoms with van der Waals surface area (Å²) in [4.78, 5) is 29.8. The summed E-state index contributed by atoms with van der Waals surface area (Å²) in [5.74, 6) is 0.204. The van der Waals surface area contributed by atoms with Crippen molar-refractivity contribution < 1.29 is 9.59 Å². The van der Waals surface area contributed by atoms with Crippen LogP contribution in [0.3, 0.4) is 0 Å². The lowest BCUT2D eigenvalue weighted by Gasteiger charge is -2.34. The molecule has 1 unspecified atom stereocenters. The highest BCUT2D eigenvalue weighted by atomic mass is 32.2. The van der Waals surface area contributed by atoms with Crippen molar-refractivity contribution in [2.45, 2.75) is 36.6 Å². The zero-order valence-electron chi connectivity index (χ0n) is 12.2. The molecule has 3 rings (SSSR count). The minimum absolute atomic E-state index is 0.0822. The fraction of sp³-hybridized carbons (Fsp3) is 0.500. The third-order valence-corrected chi connectivity index (χ3v) is 5.01. The predicted octanol–water partition coefficient (Wildman–Crippen LogP) is 2.53. The predicted molar refractivity (Wildman–Crippen MR) is 84.5 cm³/mol. The maximum absolute atomic E-state index is 12.9. The first-order chi connectivity index (χ1) is 10.2. The van der Waals surface area contributed by atoms with Gasteiger partial charge in [-0.3, -0.25) is 9.59 Å². The van der Waals surface area contributed by atoms with Crippen molar-refractivity contribution in [3.05, 3.63) is 24.3 Å². The number of hydrogen-bond acceptors (Lipinski definition) is 3. The van der Waals surface area contributed by atoms with E-state index in [0.29, 0.717) is 13.0 Å². The number of thioether (sulfide) groups is 1. The summed E-state index contributed by atoms with van der Waals surface area (Å²) in [5, 5.41) is 0. The SMILES string of the molecule is CSc1cccc(N2CCC(=O)N3CCCCC3C2=O)c1.